The van der Waals surface area contributed by atoms with Crippen molar-refractivity contribution >= 4 is 11.9 Å². The predicted molar refractivity (Wildman–Crippen MR) is 117 cm³/mol. The van der Waals surface area contributed by atoms with Gasteiger partial charge in [0.2, 0.25) is 0 Å². The molecule has 162 valence electrons. The smallest absolute Gasteiger partial charge is 0.341 e. The monoisotopic (exact) mass is 394 g/mol. The molecule has 0 rings (SSSR count). The van der Waals surface area contributed by atoms with Gasteiger partial charge in [-0.1, -0.05) is 12.2 Å². The zero-order valence-electron chi connectivity index (χ0n) is 19.8. The van der Waals surface area contributed by atoms with E-state index in [2.05, 4.69) is 51.3 Å². The van der Waals surface area contributed by atoms with Crippen LogP contribution in [-0.4, -0.2) is 60.0 Å². The molecule has 0 saturated carbocycles. The average molecular weight is 395 g/mol. The first-order chi connectivity index (χ1) is 12.7. The summed E-state index contributed by atoms with van der Waals surface area (Å²) in [5.74, 6) is -1.13. The van der Waals surface area contributed by atoms with Gasteiger partial charge < -0.3 is 9.64 Å². The second-order valence-electron chi connectivity index (χ2n) is 9.68. The second kappa shape index (κ2) is 11.5. The number of hydrogen-bond acceptors (Lipinski definition) is 5. The Hall–Kier alpha value is -1.46. The molecule has 0 saturated heterocycles. The molecule has 0 aliphatic rings. The number of rotatable bonds is 9. The van der Waals surface area contributed by atoms with Crippen molar-refractivity contribution in [2.24, 2.45) is 0 Å². The van der Waals surface area contributed by atoms with Crippen molar-refractivity contribution in [3.8, 4) is 0 Å². The molecule has 0 aliphatic heterocycles. The molecule has 0 bridgehead atoms. The van der Waals surface area contributed by atoms with E-state index < -0.39 is 11.9 Å². The molecule has 0 aromatic carbocycles. The number of hydrogen-bond donors (Lipinski definition) is 0. The standard InChI is InChI=1S/C23H42N2O3/c1-18(14-11-12-16-24(9)10)20(26)28-21(27)19(2)15-13-17-25(22(3,4)5)23(6,7)8/h14-15H,11-13,16-17H2,1-10H3. The Morgan fingerprint density at radius 3 is 1.61 bits per heavy atom. The van der Waals surface area contributed by atoms with Crippen molar-refractivity contribution < 1.29 is 14.3 Å². The van der Waals surface area contributed by atoms with Crippen LogP contribution in [0, 0.1) is 0 Å². The summed E-state index contributed by atoms with van der Waals surface area (Å²) >= 11 is 0. The van der Waals surface area contributed by atoms with Crippen LogP contribution in [0.1, 0.15) is 74.7 Å². The van der Waals surface area contributed by atoms with E-state index in [1.165, 1.54) is 0 Å². The maximum atomic E-state index is 12.2. The van der Waals surface area contributed by atoms with E-state index in [0.717, 1.165) is 32.4 Å². The molecule has 0 heterocycles. The van der Waals surface area contributed by atoms with E-state index in [9.17, 15) is 9.59 Å². The first-order valence-corrected chi connectivity index (χ1v) is 10.2. The molecule has 28 heavy (non-hydrogen) atoms. The van der Waals surface area contributed by atoms with Crippen LogP contribution >= 0.6 is 0 Å². The van der Waals surface area contributed by atoms with E-state index in [4.69, 9.17) is 4.74 Å². The average Bonchev–Trinajstić information content (AvgIpc) is 2.52. The topological polar surface area (TPSA) is 49.9 Å². The highest BCUT2D eigenvalue weighted by Gasteiger charge is 2.30. The Morgan fingerprint density at radius 1 is 0.786 bits per heavy atom. The molecule has 0 aromatic heterocycles. The number of nitrogens with zero attached hydrogens (tertiary/aromatic N) is 2. The van der Waals surface area contributed by atoms with Gasteiger partial charge in [0, 0.05) is 28.8 Å². The van der Waals surface area contributed by atoms with E-state index in [0.29, 0.717) is 11.1 Å². The molecular weight excluding hydrogens is 352 g/mol. The second-order valence-corrected chi connectivity index (χ2v) is 9.68. The Kier molecular flexibility index (Phi) is 10.9. The number of carbonyl (C=O) groups excluding carboxylic acids is 2. The van der Waals surface area contributed by atoms with Gasteiger partial charge >= 0.3 is 11.9 Å². The van der Waals surface area contributed by atoms with Crippen LogP contribution in [0.4, 0.5) is 0 Å². The fourth-order valence-electron chi connectivity index (χ4n) is 3.23. The maximum Gasteiger partial charge on any atom is 0.341 e. The largest absolute Gasteiger partial charge is 0.386 e. The highest BCUT2D eigenvalue weighted by molar-refractivity contribution is 6.01. The summed E-state index contributed by atoms with van der Waals surface area (Å²) in [6.07, 6.45) is 6.17. The van der Waals surface area contributed by atoms with Gasteiger partial charge in [-0.2, -0.15) is 0 Å². The molecule has 0 spiro atoms. The van der Waals surface area contributed by atoms with Crippen molar-refractivity contribution in [1.82, 2.24) is 9.80 Å². The Bertz CT molecular complexity index is 562. The molecule has 5 heteroatoms. The molecule has 0 fully saturated rings. The van der Waals surface area contributed by atoms with Gasteiger partial charge in [0.1, 0.15) is 0 Å². The molecule has 0 aromatic rings. The minimum absolute atomic E-state index is 0.0327. The third kappa shape index (κ3) is 10.8. The van der Waals surface area contributed by atoms with Gasteiger partial charge in [-0.15, -0.1) is 0 Å². The van der Waals surface area contributed by atoms with E-state index in [1.54, 1.807) is 13.8 Å². The fourth-order valence-corrected chi connectivity index (χ4v) is 3.23. The van der Waals surface area contributed by atoms with Gasteiger partial charge in [0.05, 0.1) is 0 Å². The molecule has 0 radical (unpaired) electrons. The first-order valence-electron chi connectivity index (χ1n) is 10.2. The third-order valence-electron chi connectivity index (χ3n) is 4.51. The van der Waals surface area contributed by atoms with Crippen LogP contribution in [0.25, 0.3) is 0 Å². The predicted octanol–water partition coefficient (Wildman–Crippen LogP) is 4.58. The van der Waals surface area contributed by atoms with Gasteiger partial charge in [-0.25, -0.2) is 9.59 Å². The third-order valence-corrected chi connectivity index (χ3v) is 4.51. The summed E-state index contributed by atoms with van der Waals surface area (Å²) in [5, 5.41) is 0. The molecular formula is C23H42N2O3. The molecule has 0 unspecified atom stereocenters. The lowest BCUT2D eigenvalue weighted by molar-refractivity contribution is -0.153. The number of allylic oxidation sites excluding steroid dienone is 1. The maximum absolute atomic E-state index is 12.2. The van der Waals surface area contributed by atoms with Crippen LogP contribution in [0.5, 0.6) is 0 Å². The Labute approximate surface area is 172 Å². The lowest BCUT2D eigenvalue weighted by Gasteiger charge is -2.45. The summed E-state index contributed by atoms with van der Waals surface area (Å²) in [4.78, 5) is 28.8. The summed E-state index contributed by atoms with van der Waals surface area (Å²) in [7, 11) is 4.03. The van der Waals surface area contributed by atoms with Crippen molar-refractivity contribution in [1.29, 1.82) is 0 Å². The van der Waals surface area contributed by atoms with Gasteiger partial charge in [0.15, 0.2) is 0 Å². The molecule has 5 nitrogen and oxygen atoms in total. The number of carbonyl (C=O) groups is 2. The summed E-state index contributed by atoms with van der Waals surface area (Å²) in [5.41, 5.74) is 1.01. The SMILES string of the molecule is CC(=CCCCN(C)C)C(=O)OC(=O)C(C)=CCCN(C(C)(C)C)C(C)(C)C. The zero-order valence-corrected chi connectivity index (χ0v) is 19.8. The Balaban J connectivity index is 4.68. The lowest BCUT2D eigenvalue weighted by atomic mass is 9.95. The zero-order chi connectivity index (χ0) is 22.1. The number of esters is 2. The highest BCUT2D eigenvalue weighted by Crippen LogP contribution is 2.25. The van der Waals surface area contributed by atoms with Crippen molar-refractivity contribution in [2.75, 3.05) is 27.2 Å². The molecule has 0 N–H and O–H groups in total. The van der Waals surface area contributed by atoms with Gasteiger partial charge in [0.25, 0.3) is 0 Å². The van der Waals surface area contributed by atoms with Crippen LogP contribution in [0.15, 0.2) is 23.3 Å². The molecule has 0 amide bonds. The Morgan fingerprint density at radius 2 is 1.21 bits per heavy atom. The van der Waals surface area contributed by atoms with E-state index >= 15 is 0 Å². The minimum atomic E-state index is -0.566. The summed E-state index contributed by atoms with van der Waals surface area (Å²) in [6.45, 7) is 18.3. The first kappa shape index (κ1) is 26.5. The van der Waals surface area contributed by atoms with E-state index in [-0.39, 0.29) is 11.1 Å². The minimum Gasteiger partial charge on any atom is -0.386 e. The fraction of sp³-hybridized carbons (Fsp3) is 0.739. The van der Waals surface area contributed by atoms with Crippen LogP contribution in [0.2, 0.25) is 0 Å². The number of unbranched alkanes of at least 4 members (excludes halogenated alkanes) is 1. The molecule has 0 aliphatic carbocycles. The summed E-state index contributed by atoms with van der Waals surface area (Å²) < 4.78 is 5.01. The normalized spacial score (nSPS) is 14.0. The van der Waals surface area contributed by atoms with Crippen LogP contribution in [0.3, 0.4) is 0 Å². The quantitative estimate of drug-likeness (QED) is 0.248. The number of ether oxygens (including phenoxy) is 1. The van der Waals surface area contributed by atoms with Crippen molar-refractivity contribution in [3.05, 3.63) is 23.3 Å². The van der Waals surface area contributed by atoms with Gasteiger partial charge in [-0.3, -0.25) is 4.90 Å². The molecule has 0 atom stereocenters. The lowest BCUT2D eigenvalue weighted by Crippen LogP contribution is -2.52. The van der Waals surface area contributed by atoms with Crippen molar-refractivity contribution in [3.63, 3.8) is 0 Å². The van der Waals surface area contributed by atoms with Gasteiger partial charge in [-0.05, 0) is 95.3 Å². The van der Waals surface area contributed by atoms with Crippen LogP contribution < -0.4 is 0 Å². The summed E-state index contributed by atoms with van der Waals surface area (Å²) in [6, 6.07) is 0. The highest BCUT2D eigenvalue weighted by atomic mass is 16.6. The van der Waals surface area contributed by atoms with E-state index in [1.807, 2.05) is 26.2 Å². The van der Waals surface area contributed by atoms with Crippen molar-refractivity contribution in [2.45, 2.75) is 85.7 Å². The van der Waals surface area contributed by atoms with Crippen LogP contribution in [-0.2, 0) is 14.3 Å².